The Morgan fingerprint density at radius 3 is 2.69 bits per heavy atom. The lowest BCUT2D eigenvalue weighted by atomic mass is 9.98. The van der Waals surface area contributed by atoms with E-state index in [1.54, 1.807) is 0 Å². The van der Waals surface area contributed by atoms with Crippen LogP contribution in [0.2, 0.25) is 0 Å². The van der Waals surface area contributed by atoms with E-state index in [1.807, 2.05) is 0 Å². The summed E-state index contributed by atoms with van der Waals surface area (Å²) in [7, 11) is 0. The fourth-order valence-corrected chi connectivity index (χ4v) is 2.89. The smallest absolute Gasteiger partial charge is 0.130 e. The third-order valence-electron chi connectivity index (χ3n) is 3.85. The summed E-state index contributed by atoms with van der Waals surface area (Å²) in [6, 6.07) is 2.31. The zero-order chi connectivity index (χ0) is 10.8. The van der Waals surface area contributed by atoms with Gasteiger partial charge in [-0.15, -0.1) is 0 Å². The van der Waals surface area contributed by atoms with Crippen molar-refractivity contribution in [3.8, 4) is 0 Å². The monoisotopic (exact) mass is 216 g/mol. The van der Waals surface area contributed by atoms with Crippen LogP contribution in [-0.2, 0) is 12.8 Å². The van der Waals surface area contributed by atoms with Gasteiger partial charge in [-0.05, 0) is 62.1 Å². The van der Waals surface area contributed by atoms with Crippen LogP contribution in [0.5, 0.6) is 0 Å². The van der Waals surface area contributed by atoms with E-state index in [0.29, 0.717) is 0 Å². The van der Waals surface area contributed by atoms with Crippen molar-refractivity contribution in [3.05, 3.63) is 29.2 Å². The van der Waals surface area contributed by atoms with Gasteiger partial charge in [0.2, 0.25) is 0 Å². The minimum atomic E-state index is 1.16. The van der Waals surface area contributed by atoms with E-state index in [1.165, 1.54) is 74.0 Å². The van der Waals surface area contributed by atoms with Crippen molar-refractivity contribution in [1.82, 2.24) is 0 Å². The lowest BCUT2D eigenvalue weighted by Crippen LogP contribution is -1.97. The van der Waals surface area contributed by atoms with Crippen LogP contribution in [-0.4, -0.2) is 0 Å². The first-order valence-electron chi connectivity index (χ1n) is 6.74. The van der Waals surface area contributed by atoms with E-state index in [0.717, 1.165) is 6.42 Å². The van der Waals surface area contributed by atoms with Gasteiger partial charge in [0.25, 0.3) is 0 Å². The molecular formula is C15H20O. The zero-order valence-electron chi connectivity index (χ0n) is 9.93. The molecule has 0 amide bonds. The Kier molecular flexibility index (Phi) is 2.86. The van der Waals surface area contributed by atoms with Crippen molar-refractivity contribution in [3.63, 3.8) is 0 Å². The highest BCUT2D eigenvalue weighted by atomic mass is 16.3. The molecule has 3 rings (SSSR count). The van der Waals surface area contributed by atoms with E-state index >= 15 is 0 Å². The molecule has 0 radical (unpaired) electrons. The maximum Gasteiger partial charge on any atom is 0.130 e. The molecular weight excluding hydrogens is 196 g/mol. The Hall–Kier alpha value is -0.980. The molecule has 0 atom stereocenters. The molecule has 2 aliphatic rings. The second-order valence-electron chi connectivity index (χ2n) is 5.09. The van der Waals surface area contributed by atoms with Gasteiger partial charge in [0.1, 0.15) is 11.5 Å². The molecule has 0 spiro atoms. The van der Waals surface area contributed by atoms with Gasteiger partial charge in [-0.2, -0.15) is 0 Å². The van der Waals surface area contributed by atoms with Crippen LogP contribution in [0.3, 0.4) is 0 Å². The summed E-state index contributed by atoms with van der Waals surface area (Å²) >= 11 is 0. The van der Waals surface area contributed by atoms with Crippen molar-refractivity contribution in [2.45, 2.75) is 57.8 Å². The molecule has 0 bridgehead atoms. The predicted octanol–water partition coefficient (Wildman–Crippen LogP) is 4.51. The molecule has 0 N–H and O–H groups in total. The van der Waals surface area contributed by atoms with E-state index in [4.69, 9.17) is 4.42 Å². The molecule has 0 fully saturated rings. The van der Waals surface area contributed by atoms with Crippen LogP contribution in [0.1, 0.15) is 62.0 Å². The topological polar surface area (TPSA) is 13.1 Å². The average molecular weight is 216 g/mol. The Labute approximate surface area is 97.5 Å². The average Bonchev–Trinajstić information content (AvgIpc) is 2.56. The predicted molar refractivity (Wildman–Crippen MR) is 66.4 cm³/mol. The molecule has 16 heavy (non-hydrogen) atoms. The highest BCUT2D eigenvalue weighted by Crippen LogP contribution is 2.32. The molecule has 0 saturated heterocycles. The molecule has 0 saturated carbocycles. The van der Waals surface area contributed by atoms with Gasteiger partial charge < -0.3 is 4.42 Å². The number of fused-ring (bicyclic) bond motifs is 1. The van der Waals surface area contributed by atoms with Gasteiger partial charge >= 0.3 is 0 Å². The maximum atomic E-state index is 6.03. The van der Waals surface area contributed by atoms with Crippen LogP contribution in [0, 0.1) is 0 Å². The van der Waals surface area contributed by atoms with Gasteiger partial charge in [-0.1, -0.05) is 12.5 Å². The van der Waals surface area contributed by atoms with Crippen LogP contribution in [0.25, 0.3) is 5.57 Å². The summed E-state index contributed by atoms with van der Waals surface area (Å²) in [4.78, 5) is 0. The normalized spacial score (nSPS) is 21.1. The largest absolute Gasteiger partial charge is 0.461 e. The highest BCUT2D eigenvalue weighted by Gasteiger charge is 2.17. The van der Waals surface area contributed by atoms with Crippen LogP contribution >= 0.6 is 0 Å². The van der Waals surface area contributed by atoms with Crippen molar-refractivity contribution >= 4 is 5.57 Å². The highest BCUT2D eigenvalue weighted by molar-refractivity contribution is 5.62. The maximum absolute atomic E-state index is 6.03. The Morgan fingerprint density at radius 2 is 1.75 bits per heavy atom. The van der Waals surface area contributed by atoms with Crippen LogP contribution < -0.4 is 0 Å². The number of hydrogen-bond acceptors (Lipinski definition) is 1. The van der Waals surface area contributed by atoms with Crippen molar-refractivity contribution in [2.75, 3.05) is 0 Å². The summed E-state index contributed by atoms with van der Waals surface area (Å²) in [6.07, 6.45) is 13.9. The second kappa shape index (κ2) is 4.48. The third kappa shape index (κ3) is 1.95. The number of aryl methyl sites for hydroxylation is 2. The molecule has 0 aliphatic heterocycles. The van der Waals surface area contributed by atoms with Crippen molar-refractivity contribution in [2.24, 2.45) is 0 Å². The van der Waals surface area contributed by atoms with E-state index < -0.39 is 0 Å². The first-order chi connectivity index (χ1) is 7.93. The molecule has 1 heteroatoms. The first kappa shape index (κ1) is 10.2. The lowest BCUT2D eigenvalue weighted by molar-refractivity contribution is 0.468. The molecule has 1 heterocycles. The molecule has 0 aromatic carbocycles. The number of hydrogen-bond donors (Lipinski definition) is 0. The number of allylic oxidation sites excluding steroid dienone is 2. The van der Waals surface area contributed by atoms with Gasteiger partial charge in [0.05, 0.1) is 0 Å². The standard InChI is InChI=1S/C15H20O/c1-2-4-8-12(7-3-1)15-11-13-9-5-6-10-14(13)16-15/h7,11H,1-6,8-10H2. The van der Waals surface area contributed by atoms with Crippen molar-refractivity contribution in [1.29, 1.82) is 0 Å². The van der Waals surface area contributed by atoms with Crippen molar-refractivity contribution < 1.29 is 4.42 Å². The van der Waals surface area contributed by atoms with Gasteiger partial charge in [-0.3, -0.25) is 0 Å². The number of furan rings is 1. The summed E-state index contributed by atoms with van der Waals surface area (Å²) in [5.74, 6) is 2.44. The van der Waals surface area contributed by atoms with Gasteiger partial charge in [-0.25, -0.2) is 0 Å². The quantitative estimate of drug-likeness (QED) is 0.673. The number of rotatable bonds is 1. The SMILES string of the molecule is C1=C(c2cc3c(o2)CCCC3)CCCCC1. The first-order valence-corrected chi connectivity index (χ1v) is 6.74. The summed E-state index contributed by atoms with van der Waals surface area (Å²) in [6.45, 7) is 0. The van der Waals surface area contributed by atoms with E-state index in [9.17, 15) is 0 Å². The fraction of sp³-hybridized carbons (Fsp3) is 0.600. The van der Waals surface area contributed by atoms with E-state index in [2.05, 4.69) is 12.1 Å². The van der Waals surface area contributed by atoms with Gasteiger partial charge in [0.15, 0.2) is 0 Å². The molecule has 0 unspecified atom stereocenters. The van der Waals surface area contributed by atoms with Crippen LogP contribution in [0.4, 0.5) is 0 Å². The molecule has 1 aromatic rings. The Morgan fingerprint density at radius 1 is 0.875 bits per heavy atom. The zero-order valence-corrected chi connectivity index (χ0v) is 9.93. The van der Waals surface area contributed by atoms with Gasteiger partial charge in [0, 0.05) is 6.42 Å². The van der Waals surface area contributed by atoms with E-state index in [-0.39, 0.29) is 0 Å². The minimum Gasteiger partial charge on any atom is -0.461 e. The molecule has 2 aliphatic carbocycles. The van der Waals surface area contributed by atoms with Crippen LogP contribution in [0.15, 0.2) is 16.6 Å². The lowest BCUT2D eigenvalue weighted by Gasteiger charge is -2.07. The molecule has 86 valence electrons. The Balaban J connectivity index is 1.87. The Bertz CT molecular complexity index is 374. The fourth-order valence-electron chi connectivity index (χ4n) is 2.89. The third-order valence-corrected chi connectivity index (χ3v) is 3.85. The summed E-state index contributed by atoms with van der Waals surface area (Å²) in [5, 5.41) is 0. The molecule has 1 aromatic heterocycles. The summed E-state index contributed by atoms with van der Waals surface area (Å²) < 4.78 is 6.03. The molecule has 1 nitrogen and oxygen atoms in total. The second-order valence-corrected chi connectivity index (χ2v) is 5.09. The summed E-state index contributed by atoms with van der Waals surface area (Å²) in [5.41, 5.74) is 2.94. The minimum absolute atomic E-state index is 1.16.